The molecule has 202 valence electrons. The molecule has 3 heterocycles. The van der Waals surface area contributed by atoms with Crippen molar-refractivity contribution in [2.24, 2.45) is 11.7 Å². The smallest absolute Gasteiger partial charge is 0.170 e. The van der Waals surface area contributed by atoms with Crippen LogP contribution >= 0.6 is 0 Å². The first-order valence-electron chi connectivity index (χ1n) is 14.0. The van der Waals surface area contributed by atoms with E-state index < -0.39 is 5.60 Å². The second-order valence-electron chi connectivity index (χ2n) is 11.3. The van der Waals surface area contributed by atoms with Gasteiger partial charge in [0.15, 0.2) is 17.1 Å². The van der Waals surface area contributed by atoms with Crippen LogP contribution in [0.2, 0.25) is 0 Å². The van der Waals surface area contributed by atoms with Crippen LogP contribution in [0, 0.1) is 5.92 Å². The summed E-state index contributed by atoms with van der Waals surface area (Å²) in [5, 5.41) is 29.5. The molecule has 3 unspecified atom stereocenters. The summed E-state index contributed by atoms with van der Waals surface area (Å²) in [7, 11) is 0. The molecule has 2 fully saturated rings. The Bertz CT molecular complexity index is 1920. The monoisotopic (exact) mass is 540 g/mol. The number of rotatable bonds is 5. The molecule has 41 heavy (non-hydrogen) atoms. The van der Waals surface area contributed by atoms with E-state index in [0.29, 0.717) is 28.6 Å². The number of hydrogen-bond donors (Lipinski definition) is 3. The largest absolute Gasteiger partial charge is 0.508 e. The summed E-state index contributed by atoms with van der Waals surface area (Å²) in [5.41, 5.74) is 13.2. The van der Waals surface area contributed by atoms with Gasteiger partial charge in [-0.1, -0.05) is 54.6 Å². The van der Waals surface area contributed by atoms with Gasteiger partial charge in [0.1, 0.15) is 11.3 Å². The minimum atomic E-state index is -0.708. The highest BCUT2D eigenvalue weighted by molar-refractivity contribution is 5.87. The normalized spacial score (nSPS) is 22.2. The number of nitrogens with zero attached hydrogens (tertiary/aromatic N) is 5. The molecule has 0 saturated heterocycles. The van der Waals surface area contributed by atoms with Gasteiger partial charge in [-0.2, -0.15) is 0 Å². The van der Waals surface area contributed by atoms with Crippen LogP contribution < -0.4 is 5.73 Å². The van der Waals surface area contributed by atoms with Crippen molar-refractivity contribution in [2.75, 3.05) is 0 Å². The Hall–Kier alpha value is -4.66. The molecule has 2 aliphatic rings. The van der Waals surface area contributed by atoms with Crippen molar-refractivity contribution < 1.29 is 10.2 Å². The van der Waals surface area contributed by atoms with Crippen molar-refractivity contribution in [1.29, 1.82) is 0 Å². The fraction of sp³-hybridized carbons (Fsp3) is 0.212. The van der Waals surface area contributed by atoms with E-state index in [4.69, 9.17) is 15.7 Å². The third-order valence-corrected chi connectivity index (χ3v) is 8.82. The van der Waals surface area contributed by atoms with Crippen molar-refractivity contribution in [3.63, 3.8) is 0 Å². The molecule has 3 aromatic carbocycles. The zero-order valence-electron chi connectivity index (χ0n) is 22.2. The molecule has 0 radical (unpaired) electrons. The third kappa shape index (κ3) is 3.83. The highest BCUT2D eigenvalue weighted by Gasteiger charge is 2.58. The van der Waals surface area contributed by atoms with Crippen LogP contribution in [0.15, 0.2) is 91.0 Å². The number of pyridine rings is 1. The number of fused-ring (bicyclic) bond motifs is 3. The van der Waals surface area contributed by atoms with Crippen molar-refractivity contribution in [3.05, 3.63) is 96.6 Å². The van der Waals surface area contributed by atoms with Crippen molar-refractivity contribution in [2.45, 2.75) is 36.8 Å². The highest BCUT2D eigenvalue weighted by atomic mass is 16.3. The number of nitrogens with two attached hydrogens (primary N) is 1. The van der Waals surface area contributed by atoms with Gasteiger partial charge in [-0.05, 0) is 67.1 Å². The summed E-state index contributed by atoms with van der Waals surface area (Å²) >= 11 is 0. The van der Waals surface area contributed by atoms with Crippen molar-refractivity contribution >= 4 is 16.8 Å². The maximum absolute atomic E-state index is 10.9. The topological polar surface area (TPSA) is 122 Å². The van der Waals surface area contributed by atoms with Gasteiger partial charge in [0.05, 0.1) is 17.0 Å². The molecule has 6 aromatic rings. The van der Waals surface area contributed by atoms with E-state index in [-0.39, 0.29) is 17.7 Å². The summed E-state index contributed by atoms with van der Waals surface area (Å²) in [6.07, 6.45) is 2.88. The fourth-order valence-corrected chi connectivity index (χ4v) is 6.32. The van der Waals surface area contributed by atoms with Crippen LogP contribution in [0.4, 0.5) is 0 Å². The van der Waals surface area contributed by atoms with Crippen LogP contribution in [-0.2, 0) is 0 Å². The van der Waals surface area contributed by atoms with E-state index >= 15 is 0 Å². The molecule has 8 rings (SSSR count). The van der Waals surface area contributed by atoms with E-state index in [1.807, 2.05) is 59.0 Å². The van der Waals surface area contributed by atoms with Gasteiger partial charge in [-0.15, -0.1) is 10.2 Å². The van der Waals surface area contributed by atoms with Gasteiger partial charge < -0.3 is 15.9 Å². The van der Waals surface area contributed by atoms with Crippen LogP contribution in [0.25, 0.3) is 50.7 Å². The zero-order chi connectivity index (χ0) is 27.7. The molecule has 0 amide bonds. The van der Waals surface area contributed by atoms with Crippen molar-refractivity contribution in [1.82, 2.24) is 24.6 Å². The number of benzene rings is 3. The highest BCUT2D eigenvalue weighted by Crippen LogP contribution is 2.55. The van der Waals surface area contributed by atoms with E-state index in [1.165, 1.54) is 0 Å². The lowest BCUT2D eigenvalue weighted by Crippen LogP contribution is -2.63. The van der Waals surface area contributed by atoms with Gasteiger partial charge >= 0.3 is 0 Å². The summed E-state index contributed by atoms with van der Waals surface area (Å²) in [6, 6.07) is 28.9. The lowest BCUT2D eigenvalue weighted by atomic mass is 9.61. The molecule has 0 spiro atoms. The summed E-state index contributed by atoms with van der Waals surface area (Å²) < 4.78 is 1.91. The summed E-state index contributed by atoms with van der Waals surface area (Å²) in [4.78, 5) is 10.3. The fourth-order valence-electron chi connectivity index (χ4n) is 6.32. The number of aromatic hydroxyl groups is 1. The maximum Gasteiger partial charge on any atom is 0.170 e. The zero-order valence-corrected chi connectivity index (χ0v) is 22.2. The van der Waals surface area contributed by atoms with E-state index in [2.05, 4.69) is 34.5 Å². The van der Waals surface area contributed by atoms with Crippen LogP contribution in [-0.4, -0.2) is 46.4 Å². The third-order valence-electron chi connectivity index (χ3n) is 8.82. The summed E-state index contributed by atoms with van der Waals surface area (Å²) in [5.74, 6) is 1.33. The Kier molecular flexibility index (Phi) is 5.26. The molecular weight excluding hydrogens is 512 g/mol. The first-order valence-corrected chi connectivity index (χ1v) is 14.0. The predicted molar refractivity (Wildman–Crippen MR) is 157 cm³/mol. The van der Waals surface area contributed by atoms with Gasteiger partial charge in [0, 0.05) is 28.7 Å². The summed E-state index contributed by atoms with van der Waals surface area (Å²) in [6.45, 7) is 0. The molecule has 0 aliphatic heterocycles. The lowest BCUT2D eigenvalue weighted by molar-refractivity contribution is -0.0886. The van der Waals surface area contributed by atoms with E-state index in [0.717, 1.165) is 52.9 Å². The van der Waals surface area contributed by atoms with Gasteiger partial charge in [0.2, 0.25) is 0 Å². The Balaban J connectivity index is 1.25. The van der Waals surface area contributed by atoms with E-state index in [1.54, 1.807) is 12.1 Å². The second-order valence-corrected chi connectivity index (χ2v) is 11.3. The van der Waals surface area contributed by atoms with Crippen LogP contribution in [0.1, 0.15) is 30.7 Å². The molecule has 2 saturated carbocycles. The maximum atomic E-state index is 10.9. The van der Waals surface area contributed by atoms with Gasteiger partial charge in [0.25, 0.3) is 0 Å². The minimum absolute atomic E-state index is 0.159. The first kappa shape index (κ1) is 24.2. The average Bonchev–Trinajstić information content (AvgIpc) is 3.79. The first-order chi connectivity index (χ1) is 20.0. The quantitative estimate of drug-likeness (QED) is 0.270. The van der Waals surface area contributed by atoms with Crippen LogP contribution in [0.5, 0.6) is 5.75 Å². The molecular formula is C33H28N6O2. The van der Waals surface area contributed by atoms with Gasteiger partial charge in [-0.3, -0.25) is 4.40 Å². The Morgan fingerprint density at radius 2 is 1.44 bits per heavy atom. The Morgan fingerprint density at radius 3 is 2.15 bits per heavy atom. The molecule has 8 nitrogen and oxygen atoms in total. The average molecular weight is 541 g/mol. The number of aromatic nitrogens is 5. The molecule has 4 N–H and O–H groups in total. The van der Waals surface area contributed by atoms with E-state index in [9.17, 15) is 10.2 Å². The van der Waals surface area contributed by atoms with Crippen LogP contribution in [0.3, 0.4) is 0 Å². The standard InChI is InChI=1S/C33H28N6O2/c34-30-25(18-33(30,41)23-12-13-23)19-6-8-21(9-7-19)28-29(20-4-2-1-3-5-20)36-32-26(35-28)16-17-27-37-38-31(39(27)32)22-10-14-24(40)15-11-22/h1-11,14-17,23,25,30,40-41H,12-13,18,34H2. The number of phenols is 1. The molecule has 0 bridgehead atoms. The molecule has 8 heteroatoms. The second kappa shape index (κ2) is 8.92. The minimum Gasteiger partial charge on any atom is -0.508 e. The lowest BCUT2D eigenvalue weighted by Gasteiger charge is -2.50. The SMILES string of the molecule is NC1C(c2ccc(-c3nc4ccc5nnc(-c6ccc(O)cc6)n5c4nc3-c3ccccc3)cc2)CC1(O)C1CC1. The number of phenolic OH excluding ortho intramolecular Hbond substituents is 1. The van der Waals surface area contributed by atoms with Gasteiger partial charge in [-0.25, -0.2) is 9.97 Å². The van der Waals surface area contributed by atoms with Crippen molar-refractivity contribution in [3.8, 4) is 39.7 Å². The Morgan fingerprint density at radius 1 is 0.756 bits per heavy atom. The molecule has 3 atom stereocenters. The predicted octanol–water partition coefficient (Wildman–Crippen LogP) is 5.33. The Labute approximate surface area is 236 Å². The number of aliphatic hydroxyl groups is 1. The molecule has 3 aromatic heterocycles. The number of hydrogen-bond acceptors (Lipinski definition) is 7. The molecule has 2 aliphatic carbocycles.